The first kappa shape index (κ1) is 18.0. The topological polar surface area (TPSA) is 29.5 Å². The van der Waals surface area contributed by atoms with Crippen LogP contribution in [0.25, 0.3) is 0 Å². The van der Waals surface area contributed by atoms with Crippen molar-refractivity contribution in [1.82, 2.24) is 4.90 Å². The van der Waals surface area contributed by atoms with Crippen LogP contribution in [0.15, 0.2) is 18.2 Å². The number of ether oxygens (including phenoxy) is 1. The predicted octanol–water partition coefficient (Wildman–Crippen LogP) is 4.00. The van der Waals surface area contributed by atoms with Crippen LogP contribution in [0.3, 0.4) is 0 Å². The Bertz CT molecular complexity index is 528. The molecule has 0 bridgehead atoms. The first-order valence-corrected chi connectivity index (χ1v) is 9.00. The molecule has 1 saturated carbocycles. The van der Waals surface area contributed by atoms with Crippen molar-refractivity contribution in [2.45, 2.75) is 58.8 Å². The predicted molar refractivity (Wildman–Crippen MR) is 94.8 cm³/mol. The average Bonchev–Trinajstić information content (AvgIpc) is 3.05. The van der Waals surface area contributed by atoms with Gasteiger partial charge in [0.2, 0.25) is 0 Å². The lowest BCUT2D eigenvalue weighted by Gasteiger charge is -2.28. The van der Waals surface area contributed by atoms with Crippen LogP contribution in [0.4, 0.5) is 0 Å². The largest absolute Gasteiger partial charge is 0.464 e. The van der Waals surface area contributed by atoms with Gasteiger partial charge in [0.25, 0.3) is 0 Å². The van der Waals surface area contributed by atoms with Crippen molar-refractivity contribution in [3.05, 3.63) is 34.9 Å². The zero-order valence-corrected chi connectivity index (χ0v) is 15.2. The molecule has 1 aliphatic rings. The normalized spacial score (nSPS) is 16.7. The van der Waals surface area contributed by atoms with E-state index >= 15 is 0 Å². The third kappa shape index (κ3) is 3.95. The molecule has 2 rings (SSSR count). The van der Waals surface area contributed by atoms with Gasteiger partial charge >= 0.3 is 5.97 Å². The van der Waals surface area contributed by atoms with Gasteiger partial charge in [-0.15, -0.1) is 0 Å². The second kappa shape index (κ2) is 7.96. The third-order valence-corrected chi connectivity index (χ3v) is 5.44. The van der Waals surface area contributed by atoms with E-state index in [4.69, 9.17) is 4.74 Å². The number of hydrogen-bond acceptors (Lipinski definition) is 3. The van der Waals surface area contributed by atoms with E-state index in [0.717, 1.165) is 50.9 Å². The van der Waals surface area contributed by atoms with Crippen molar-refractivity contribution in [3.63, 3.8) is 0 Å². The molecule has 0 heterocycles. The maximum absolute atomic E-state index is 12.9. The number of esters is 1. The molecule has 0 unspecified atom stereocenters. The van der Waals surface area contributed by atoms with Crippen LogP contribution < -0.4 is 0 Å². The highest BCUT2D eigenvalue weighted by molar-refractivity contribution is 5.83. The number of carbonyl (C=O) groups excluding carboxylic acids is 1. The maximum Gasteiger partial charge on any atom is 0.316 e. The third-order valence-electron chi connectivity index (χ3n) is 5.44. The van der Waals surface area contributed by atoms with Crippen LogP contribution in [0, 0.1) is 13.8 Å². The minimum atomic E-state index is -0.415. The molecule has 3 heteroatoms. The lowest BCUT2D eigenvalue weighted by molar-refractivity contribution is -0.151. The molecule has 0 spiro atoms. The highest BCUT2D eigenvalue weighted by Crippen LogP contribution is 2.42. The standard InChI is InChI=1S/C20H31NO2/c1-5-21(6-2)13-14-23-19(22)20(11-7-8-12-20)18-10-9-16(3)17(4)15-18/h9-10,15H,5-8,11-14H2,1-4H3. The molecule has 1 aromatic rings. The van der Waals surface area contributed by atoms with Gasteiger partial charge in [0, 0.05) is 6.54 Å². The smallest absolute Gasteiger partial charge is 0.316 e. The van der Waals surface area contributed by atoms with Gasteiger partial charge < -0.3 is 9.64 Å². The molecule has 0 radical (unpaired) electrons. The molecule has 23 heavy (non-hydrogen) atoms. The van der Waals surface area contributed by atoms with Crippen LogP contribution in [-0.4, -0.2) is 37.1 Å². The fraction of sp³-hybridized carbons (Fsp3) is 0.650. The molecule has 128 valence electrons. The number of carbonyl (C=O) groups is 1. The summed E-state index contributed by atoms with van der Waals surface area (Å²) < 4.78 is 5.71. The fourth-order valence-electron chi connectivity index (χ4n) is 3.57. The lowest BCUT2D eigenvalue weighted by atomic mass is 9.78. The zero-order chi connectivity index (χ0) is 16.9. The summed E-state index contributed by atoms with van der Waals surface area (Å²) in [4.78, 5) is 15.2. The van der Waals surface area contributed by atoms with Crippen LogP contribution in [-0.2, 0) is 14.9 Å². The lowest BCUT2D eigenvalue weighted by Crippen LogP contribution is -2.37. The van der Waals surface area contributed by atoms with Crippen molar-refractivity contribution in [1.29, 1.82) is 0 Å². The Morgan fingerprint density at radius 3 is 2.35 bits per heavy atom. The van der Waals surface area contributed by atoms with Crippen LogP contribution >= 0.6 is 0 Å². The fourth-order valence-corrected chi connectivity index (χ4v) is 3.57. The van der Waals surface area contributed by atoms with Gasteiger partial charge in [-0.3, -0.25) is 4.79 Å². The molecule has 0 amide bonds. The number of likely N-dealkylation sites (N-methyl/N-ethyl adjacent to an activating group) is 1. The summed E-state index contributed by atoms with van der Waals surface area (Å²) in [5.41, 5.74) is 3.26. The number of rotatable bonds is 7. The van der Waals surface area contributed by atoms with E-state index in [1.54, 1.807) is 0 Å². The van der Waals surface area contributed by atoms with Crippen LogP contribution in [0.2, 0.25) is 0 Å². The molecule has 0 aromatic heterocycles. The SMILES string of the molecule is CCN(CC)CCOC(=O)C1(c2ccc(C)c(C)c2)CCCC1. The number of hydrogen-bond donors (Lipinski definition) is 0. The van der Waals surface area contributed by atoms with E-state index < -0.39 is 5.41 Å². The van der Waals surface area contributed by atoms with Crippen molar-refractivity contribution in [2.75, 3.05) is 26.2 Å². The minimum Gasteiger partial charge on any atom is -0.464 e. The van der Waals surface area contributed by atoms with Crippen molar-refractivity contribution in [3.8, 4) is 0 Å². The van der Waals surface area contributed by atoms with E-state index in [-0.39, 0.29) is 5.97 Å². The quantitative estimate of drug-likeness (QED) is 0.712. The summed E-state index contributed by atoms with van der Waals surface area (Å²) in [7, 11) is 0. The molecule has 1 aliphatic carbocycles. The van der Waals surface area contributed by atoms with Gasteiger partial charge in [0.15, 0.2) is 0 Å². The Kier molecular flexibility index (Phi) is 6.23. The highest BCUT2D eigenvalue weighted by Gasteiger charge is 2.44. The number of nitrogens with zero attached hydrogens (tertiary/aromatic N) is 1. The van der Waals surface area contributed by atoms with Gasteiger partial charge in [-0.2, -0.15) is 0 Å². The summed E-state index contributed by atoms with van der Waals surface area (Å²) in [6.45, 7) is 11.8. The molecule has 0 N–H and O–H groups in total. The van der Waals surface area contributed by atoms with Crippen molar-refractivity contribution in [2.24, 2.45) is 0 Å². The Labute approximate surface area is 141 Å². The second-order valence-electron chi connectivity index (χ2n) is 6.75. The van der Waals surface area contributed by atoms with E-state index in [1.165, 1.54) is 11.1 Å². The van der Waals surface area contributed by atoms with Crippen LogP contribution in [0.5, 0.6) is 0 Å². The molecule has 3 nitrogen and oxygen atoms in total. The highest BCUT2D eigenvalue weighted by atomic mass is 16.5. The molecule has 0 saturated heterocycles. The Hall–Kier alpha value is -1.35. The summed E-state index contributed by atoms with van der Waals surface area (Å²) in [5, 5.41) is 0. The first-order chi connectivity index (χ1) is 11.0. The summed E-state index contributed by atoms with van der Waals surface area (Å²) in [5.74, 6) is -0.0228. The van der Waals surface area contributed by atoms with E-state index in [2.05, 4.69) is 50.8 Å². The summed E-state index contributed by atoms with van der Waals surface area (Å²) in [6, 6.07) is 6.44. The molecule has 1 aromatic carbocycles. The van der Waals surface area contributed by atoms with Crippen LogP contribution in [0.1, 0.15) is 56.2 Å². The van der Waals surface area contributed by atoms with Gasteiger partial charge in [-0.25, -0.2) is 0 Å². The minimum absolute atomic E-state index is 0.0228. The second-order valence-corrected chi connectivity index (χ2v) is 6.75. The van der Waals surface area contributed by atoms with Crippen molar-refractivity contribution < 1.29 is 9.53 Å². The van der Waals surface area contributed by atoms with Gasteiger partial charge in [-0.1, -0.05) is 44.9 Å². The monoisotopic (exact) mass is 317 g/mol. The summed E-state index contributed by atoms with van der Waals surface area (Å²) >= 11 is 0. The number of aryl methyl sites for hydroxylation is 2. The zero-order valence-electron chi connectivity index (χ0n) is 15.2. The Morgan fingerprint density at radius 1 is 1.13 bits per heavy atom. The Balaban J connectivity index is 2.10. The molecule has 0 atom stereocenters. The molecule has 0 aliphatic heterocycles. The van der Waals surface area contributed by atoms with E-state index in [0.29, 0.717) is 6.61 Å². The Morgan fingerprint density at radius 2 is 1.78 bits per heavy atom. The number of benzene rings is 1. The van der Waals surface area contributed by atoms with E-state index in [9.17, 15) is 4.79 Å². The first-order valence-electron chi connectivity index (χ1n) is 9.00. The van der Waals surface area contributed by atoms with Gasteiger partial charge in [0.05, 0.1) is 5.41 Å². The molecule has 1 fully saturated rings. The molecular formula is C20H31NO2. The summed E-state index contributed by atoms with van der Waals surface area (Å²) in [6.07, 6.45) is 4.05. The van der Waals surface area contributed by atoms with E-state index in [1.807, 2.05) is 0 Å². The average molecular weight is 317 g/mol. The maximum atomic E-state index is 12.9. The van der Waals surface area contributed by atoms with Crippen molar-refractivity contribution >= 4 is 5.97 Å². The van der Waals surface area contributed by atoms with Gasteiger partial charge in [0.1, 0.15) is 6.61 Å². The van der Waals surface area contributed by atoms with Gasteiger partial charge in [-0.05, 0) is 56.5 Å². The molecular weight excluding hydrogens is 286 g/mol.